The smallest absolute Gasteiger partial charge is 0.135 e. The predicted molar refractivity (Wildman–Crippen MR) is 55.3 cm³/mol. The van der Waals surface area contributed by atoms with E-state index in [1.807, 2.05) is 0 Å². The van der Waals surface area contributed by atoms with E-state index in [0.717, 1.165) is 0 Å². The first-order chi connectivity index (χ1) is 7.72. The van der Waals surface area contributed by atoms with Crippen LogP contribution in [0.1, 0.15) is 5.69 Å². The van der Waals surface area contributed by atoms with Crippen LogP contribution in [0.2, 0.25) is 0 Å². The Morgan fingerprint density at radius 2 is 1.69 bits per heavy atom. The van der Waals surface area contributed by atoms with Gasteiger partial charge in [0, 0.05) is 6.54 Å². The number of hydrogen-bond acceptors (Lipinski definition) is 3. The lowest BCUT2D eigenvalue weighted by molar-refractivity contribution is 0.588. The molecule has 0 aliphatic heterocycles. The van der Waals surface area contributed by atoms with Gasteiger partial charge in [-0.2, -0.15) is 5.10 Å². The minimum atomic E-state index is -0.658. The van der Waals surface area contributed by atoms with Crippen LogP contribution in [0.25, 0.3) is 11.3 Å². The highest BCUT2D eigenvalue weighted by atomic mass is 19.1. The standard InChI is InChI=1S/C11H9F2N3/c12-8-2-1-3-9(13)11(8)10-5-4-7(6-14)15-16-10/h1-5H,6,14H2. The van der Waals surface area contributed by atoms with Crippen molar-refractivity contribution in [1.82, 2.24) is 10.2 Å². The maximum Gasteiger partial charge on any atom is 0.135 e. The van der Waals surface area contributed by atoms with Crippen LogP contribution in [0.15, 0.2) is 30.3 Å². The van der Waals surface area contributed by atoms with E-state index >= 15 is 0 Å². The third-order valence-corrected chi connectivity index (χ3v) is 2.15. The van der Waals surface area contributed by atoms with E-state index in [-0.39, 0.29) is 17.8 Å². The lowest BCUT2D eigenvalue weighted by atomic mass is 10.1. The fraction of sp³-hybridized carbons (Fsp3) is 0.0909. The van der Waals surface area contributed by atoms with Crippen molar-refractivity contribution in [2.75, 3.05) is 0 Å². The molecule has 0 atom stereocenters. The maximum atomic E-state index is 13.4. The molecule has 0 fully saturated rings. The zero-order valence-electron chi connectivity index (χ0n) is 8.32. The molecule has 5 heteroatoms. The Bertz CT molecular complexity index is 477. The van der Waals surface area contributed by atoms with E-state index in [0.29, 0.717) is 5.69 Å². The number of halogens is 2. The Kier molecular flexibility index (Phi) is 2.87. The Morgan fingerprint density at radius 1 is 1.00 bits per heavy atom. The highest BCUT2D eigenvalue weighted by molar-refractivity contribution is 5.60. The lowest BCUT2D eigenvalue weighted by Gasteiger charge is -2.03. The molecular weight excluding hydrogens is 212 g/mol. The molecule has 0 saturated heterocycles. The third kappa shape index (κ3) is 1.90. The number of nitrogens with zero attached hydrogens (tertiary/aromatic N) is 2. The molecule has 2 N–H and O–H groups in total. The summed E-state index contributed by atoms with van der Waals surface area (Å²) in [4.78, 5) is 0. The van der Waals surface area contributed by atoms with Crippen LogP contribution in [0.3, 0.4) is 0 Å². The summed E-state index contributed by atoms with van der Waals surface area (Å²) >= 11 is 0. The highest BCUT2D eigenvalue weighted by Crippen LogP contribution is 2.23. The average Bonchev–Trinajstić information content (AvgIpc) is 2.30. The van der Waals surface area contributed by atoms with Gasteiger partial charge in [0.05, 0.1) is 17.0 Å². The molecule has 0 bridgehead atoms. The molecule has 0 aliphatic carbocycles. The zero-order valence-corrected chi connectivity index (χ0v) is 8.32. The molecule has 2 aromatic rings. The first kappa shape index (κ1) is 10.6. The van der Waals surface area contributed by atoms with Crippen LogP contribution in [0.4, 0.5) is 8.78 Å². The van der Waals surface area contributed by atoms with Gasteiger partial charge in [-0.3, -0.25) is 0 Å². The molecule has 0 aliphatic rings. The summed E-state index contributed by atoms with van der Waals surface area (Å²) in [7, 11) is 0. The van der Waals surface area contributed by atoms with Gasteiger partial charge in [-0.05, 0) is 24.3 Å². The summed E-state index contributed by atoms with van der Waals surface area (Å²) in [6.07, 6.45) is 0. The third-order valence-electron chi connectivity index (χ3n) is 2.15. The van der Waals surface area contributed by atoms with Gasteiger partial charge in [-0.25, -0.2) is 8.78 Å². The minimum Gasteiger partial charge on any atom is -0.325 e. The lowest BCUT2D eigenvalue weighted by Crippen LogP contribution is -2.02. The van der Waals surface area contributed by atoms with Crippen molar-refractivity contribution in [1.29, 1.82) is 0 Å². The minimum absolute atomic E-state index is 0.160. The Balaban J connectivity index is 2.50. The molecule has 2 rings (SSSR count). The second kappa shape index (κ2) is 4.32. The van der Waals surface area contributed by atoms with Gasteiger partial charge in [0.2, 0.25) is 0 Å². The number of nitrogens with two attached hydrogens (primary N) is 1. The van der Waals surface area contributed by atoms with Crippen LogP contribution < -0.4 is 5.73 Å². The largest absolute Gasteiger partial charge is 0.325 e. The summed E-state index contributed by atoms with van der Waals surface area (Å²) < 4.78 is 26.8. The van der Waals surface area contributed by atoms with Crippen molar-refractivity contribution in [2.45, 2.75) is 6.54 Å². The molecule has 0 saturated carbocycles. The van der Waals surface area contributed by atoms with Gasteiger partial charge < -0.3 is 5.73 Å². The topological polar surface area (TPSA) is 51.8 Å². The second-order valence-electron chi connectivity index (χ2n) is 3.21. The fourth-order valence-corrected chi connectivity index (χ4v) is 1.34. The van der Waals surface area contributed by atoms with Crippen molar-refractivity contribution < 1.29 is 8.78 Å². The first-order valence-electron chi connectivity index (χ1n) is 4.69. The summed E-state index contributed by atoms with van der Waals surface area (Å²) in [6.45, 7) is 0.243. The van der Waals surface area contributed by atoms with Crippen LogP contribution in [-0.4, -0.2) is 10.2 Å². The molecule has 0 radical (unpaired) electrons. The summed E-state index contributed by atoms with van der Waals surface area (Å²) in [5.74, 6) is -1.32. The molecule has 0 amide bonds. The maximum absolute atomic E-state index is 13.4. The number of aromatic nitrogens is 2. The molecule has 82 valence electrons. The SMILES string of the molecule is NCc1ccc(-c2c(F)cccc2F)nn1. The van der Waals surface area contributed by atoms with Crippen molar-refractivity contribution in [3.63, 3.8) is 0 Å². The summed E-state index contributed by atoms with van der Waals surface area (Å²) in [5.41, 5.74) is 5.91. The van der Waals surface area contributed by atoms with Crippen molar-refractivity contribution in [3.8, 4) is 11.3 Å². The number of rotatable bonds is 2. The quantitative estimate of drug-likeness (QED) is 0.842. The molecule has 1 aromatic carbocycles. The van der Waals surface area contributed by atoms with Gasteiger partial charge in [0.1, 0.15) is 11.6 Å². The van der Waals surface area contributed by atoms with Crippen LogP contribution in [0.5, 0.6) is 0 Å². The highest BCUT2D eigenvalue weighted by Gasteiger charge is 2.12. The van der Waals surface area contributed by atoms with E-state index in [2.05, 4.69) is 10.2 Å². The first-order valence-corrected chi connectivity index (χ1v) is 4.69. The Morgan fingerprint density at radius 3 is 2.19 bits per heavy atom. The van der Waals surface area contributed by atoms with Crippen molar-refractivity contribution >= 4 is 0 Å². The van der Waals surface area contributed by atoms with Gasteiger partial charge >= 0.3 is 0 Å². The molecule has 1 heterocycles. The molecular formula is C11H9F2N3. The molecule has 1 aromatic heterocycles. The van der Waals surface area contributed by atoms with E-state index in [4.69, 9.17) is 5.73 Å². The fourth-order valence-electron chi connectivity index (χ4n) is 1.34. The van der Waals surface area contributed by atoms with Gasteiger partial charge in [-0.15, -0.1) is 5.10 Å². The van der Waals surface area contributed by atoms with E-state index < -0.39 is 11.6 Å². The molecule has 0 spiro atoms. The monoisotopic (exact) mass is 221 g/mol. The van der Waals surface area contributed by atoms with E-state index in [9.17, 15) is 8.78 Å². The van der Waals surface area contributed by atoms with Crippen LogP contribution in [0, 0.1) is 11.6 Å². The average molecular weight is 221 g/mol. The Hall–Kier alpha value is -1.88. The molecule has 0 unspecified atom stereocenters. The molecule has 3 nitrogen and oxygen atoms in total. The zero-order chi connectivity index (χ0) is 11.5. The van der Waals surface area contributed by atoms with Crippen molar-refractivity contribution in [3.05, 3.63) is 47.7 Å². The predicted octanol–water partition coefficient (Wildman–Crippen LogP) is 1.88. The normalized spacial score (nSPS) is 10.4. The van der Waals surface area contributed by atoms with E-state index in [1.165, 1.54) is 24.3 Å². The summed E-state index contributed by atoms with van der Waals surface area (Å²) in [5, 5.41) is 7.48. The van der Waals surface area contributed by atoms with E-state index in [1.54, 1.807) is 6.07 Å². The van der Waals surface area contributed by atoms with Crippen LogP contribution >= 0.6 is 0 Å². The summed E-state index contributed by atoms with van der Waals surface area (Å²) in [6, 6.07) is 6.74. The number of hydrogen-bond donors (Lipinski definition) is 1. The number of benzene rings is 1. The second-order valence-corrected chi connectivity index (χ2v) is 3.21. The van der Waals surface area contributed by atoms with Gasteiger partial charge in [-0.1, -0.05) is 6.07 Å². The van der Waals surface area contributed by atoms with Crippen molar-refractivity contribution in [2.24, 2.45) is 5.73 Å². The van der Waals surface area contributed by atoms with Gasteiger partial charge in [0.15, 0.2) is 0 Å². The molecule has 16 heavy (non-hydrogen) atoms. The van der Waals surface area contributed by atoms with Crippen LogP contribution in [-0.2, 0) is 6.54 Å². The van der Waals surface area contributed by atoms with Gasteiger partial charge in [0.25, 0.3) is 0 Å². The Labute approximate surface area is 90.9 Å².